The highest BCUT2D eigenvalue weighted by atomic mass is 32.2. The summed E-state index contributed by atoms with van der Waals surface area (Å²) in [5, 5.41) is 10.2. The van der Waals surface area contributed by atoms with Gasteiger partial charge < -0.3 is 5.11 Å². The maximum Gasteiger partial charge on any atom is 0.0819 e. The van der Waals surface area contributed by atoms with Crippen molar-refractivity contribution in [2.75, 3.05) is 6.26 Å². The Morgan fingerprint density at radius 3 is 2.83 bits per heavy atom. The lowest BCUT2D eigenvalue weighted by molar-refractivity contribution is -0.113. The van der Waals surface area contributed by atoms with E-state index in [-0.39, 0.29) is 5.25 Å². The molecule has 0 aromatic rings. The molecule has 70 valence electrons. The van der Waals surface area contributed by atoms with Gasteiger partial charge in [-0.15, -0.1) is 0 Å². The minimum absolute atomic E-state index is 0.0720. The first-order chi connectivity index (χ1) is 5.64. The van der Waals surface area contributed by atoms with Gasteiger partial charge in [-0.3, -0.25) is 4.21 Å². The van der Waals surface area contributed by atoms with Gasteiger partial charge in [0.1, 0.15) is 0 Å². The number of hydrogen-bond acceptors (Lipinski definition) is 2. The van der Waals surface area contributed by atoms with E-state index in [0.29, 0.717) is 5.92 Å². The minimum atomic E-state index is -0.831. The summed E-state index contributed by atoms with van der Waals surface area (Å²) in [5.74, 6) is 0.458. The maximum atomic E-state index is 11.2. The fourth-order valence-corrected chi connectivity index (χ4v) is 4.11. The molecule has 12 heavy (non-hydrogen) atoms. The van der Waals surface area contributed by atoms with Crippen molar-refractivity contribution in [3.63, 3.8) is 0 Å². The van der Waals surface area contributed by atoms with Crippen LogP contribution in [0.1, 0.15) is 32.1 Å². The second-order valence-electron chi connectivity index (χ2n) is 4.16. The Hall–Kier alpha value is 0.110. The molecule has 2 rings (SSSR count). The third kappa shape index (κ3) is 1.06. The summed E-state index contributed by atoms with van der Waals surface area (Å²) in [6.45, 7) is 0. The van der Waals surface area contributed by atoms with E-state index in [9.17, 15) is 9.32 Å². The molecular formula is C9H16O2S. The predicted octanol–water partition coefficient (Wildman–Crippen LogP) is 1.06. The summed E-state index contributed by atoms with van der Waals surface area (Å²) >= 11 is 0. The van der Waals surface area contributed by atoms with Crippen LogP contribution in [0.3, 0.4) is 0 Å². The standard InChI is InChI=1S/C9H16O2S/c1-12(11)8-6-7-4-2-3-5-9(7,8)10/h7-8,10H,2-6H2,1H3/t7-,8+,9+,12?/m0/s1. The molecule has 0 radical (unpaired) electrons. The Balaban J connectivity index is 2.11. The molecule has 0 bridgehead atoms. The fourth-order valence-electron chi connectivity index (χ4n) is 2.72. The molecule has 0 spiro atoms. The van der Waals surface area contributed by atoms with Crippen molar-refractivity contribution in [3.05, 3.63) is 0 Å². The van der Waals surface area contributed by atoms with Crippen LogP contribution < -0.4 is 0 Å². The molecule has 0 aromatic carbocycles. The number of rotatable bonds is 1. The van der Waals surface area contributed by atoms with E-state index in [0.717, 1.165) is 25.7 Å². The average Bonchev–Trinajstić information content (AvgIpc) is 1.98. The Kier molecular flexibility index (Phi) is 2.04. The lowest BCUT2D eigenvalue weighted by atomic mass is 9.61. The maximum absolute atomic E-state index is 11.2. The summed E-state index contributed by atoms with van der Waals surface area (Å²) in [7, 11) is -0.831. The van der Waals surface area contributed by atoms with Crippen LogP contribution in [0.15, 0.2) is 0 Å². The van der Waals surface area contributed by atoms with Crippen LogP contribution in [0.2, 0.25) is 0 Å². The molecule has 2 saturated carbocycles. The summed E-state index contributed by atoms with van der Waals surface area (Å²) in [5.41, 5.74) is -0.544. The van der Waals surface area contributed by atoms with Crippen LogP contribution in [0, 0.1) is 5.92 Å². The van der Waals surface area contributed by atoms with Crippen molar-refractivity contribution < 1.29 is 9.32 Å². The van der Waals surface area contributed by atoms with Gasteiger partial charge in [0.15, 0.2) is 0 Å². The second-order valence-corrected chi connectivity index (χ2v) is 5.72. The molecule has 1 N–H and O–H groups in total. The van der Waals surface area contributed by atoms with Gasteiger partial charge in [-0.2, -0.15) is 0 Å². The van der Waals surface area contributed by atoms with Gasteiger partial charge in [-0.25, -0.2) is 0 Å². The molecular weight excluding hydrogens is 172 g/mol. The van der Waals surface area contributed by atoms with E-state index < -0.39 is 16.4 Å². The Morgan fingerprint density at radius 2 is 2.25 bits per heavy atom. The summed E-state index contributed by atoms with van der Waals surface area (Å²) in [4.78, 5) is 0. The van der Waals surface area contributed by atoms with Crippen molar-refractivity contribution in [2.45, 2.75) is 43.0 Å². The second kappa shape index (κ2) is 2.81. The van der Waals surface area contributed by atoms with Gasteiger partial charge in [-0.05, 0) is 25.2 Å². The summed E-state index contributed by atoms with van der Waals surface area (Å²) < 4.78 is 11.2. The van der Waals surface area contributed by atoms with Crippen LogP contribution in [0.25, 0.3) is 0 Å². The van der Waals surface area contributed by atoms with Gasteiger partial charge in [-0.1, -0.05) is 12.8 Å². The quantitative estimate of drug-likeness (QED) is 0.668. The summed E-state index contributed by atoms with van der Waals surface area (Å²) in [6.07, 6.45) is 7.08. The highest BCUT2D eigenvalue weighted by Gasteiger charge is 2.56. The van der Waals surface area contributed by atoms with E-state index in [1.165, 1.54) is 6.42 Å². The fraction of sp³-hybridized carbons (Fsp3) is 1.00. The van der Waals surface area contributed by atoms with Crippen LogP contribution >= 0.6 is 0 Å². The van der Waals surface area contributed by atoms with Crippen molar-refractivity contribution in [1.82, 2.24) is 0 Å². The third-order valence-electron chi connectivity index (χ3n) is 3.54. The third-order valence-corrected chi connectivity index (χ3v) is 4.95. The molecule has 2 aliphatic rings. The molecule has 2 fully saturated rings. The van der Waals surface area contributed by atoms with Crippen LogP contribution in [0.4, 0.5) is 0 Å². The minimum Gasteiger partial charge on any atom is -0.388 e. The molecule has 0 saturated heterocycles. The van der Waals surface area contributed by atoms with E-state index in [1.54, 1.807) is 6.26 Å². The molecule has 4 atom stereocenters. The van der Waals surface area contributed by atoms with Crippen molar-refractivity contribution in [1.29, 1.82) is 0 Å². The van der Waals surface area contributed by atoms with E-state index in [1.807, 2.05) is 0 Å². The molecule has 0 aromatic heterocycles. The molecule has 2 nitrogen and oxygen atoms in total. The largest absolute Gasteiger partial charge is 0.388 e. The molecule has 3 heteroatoms. The molecule has 0 aliphatic heterocycles. The van der Waals surface area contributed by atoms with Gasteiger partial charge in [0, 0.05) is 17.1 Å². The first-order valence-electron chi connectivity index (χ1n) is 4.69. The Labute approximate surface area is 75.8 Å². The monoisotopic (exact) mass is 188 g/mol. The van der Waals surface area contributed by atoms with Crippen molar-refractivity contribution in [3.8, 4) is 0 Å². The SMILES string of the molecule is CS(=O)[C@@H]1C[C@@H]2CCCC[C@@]21O. The lowest BCUT2D eigenvalue weighted by Gasteiger charge is -2.54. The van der Waals surface area contributed by atoms with Crippen molar-refractivity contribution >= 4 is 10.8 Å². The highest BCUT2D eigenvalue weighted by molar-refractivity contribution is 7.85. The number of aliphatic hydroxyl groups is 1. The lowest BCUT2D eigenvalue weighted by Crippen LogP contribution is -2.62. The topological polar surface area (TPSA) is 37.3 Å². The normalized spacial score (nSPS) is 49.2. The van der Waals surface area contributed by atoms with Gasteiger partial charge in [0.2, 0.25) is 0 Å². The zero-order chi connectivity index (χ0) is 8.77. The predicted molar refractivity (Wildman–Crippen MR) is 49.4 cm³/mol. The Morgan fingerprint density at radius 1 is 1.50 bits per heavy atom. The van der Waals surface area contributed by atoms with Crippen molar-refractivity contribution in [2.24, 2.45) is 5.92 Å². The zero-order valence-electron chi connectivity index (χ0n) is 7.45. The first-order valence-corrected chi connectivity index (χ1v) is 6.31. The van der Waals surface area contributed by atoms with Crippen LogP contribution in [0.5, 0.6) is 0 Å². The molecule has 0 amide bonds. The Bertz CT molecular complexity index is 217. The zero-order valence-corrected chi connectivity index (χ0v) is 8.27. The van der Waals surface area contributed by atoms with E-state index in [2.05, 4.69) is 0 Å². The van der Waals surface area contributed by atoms with Crippen LogP contribution in [-0.4, -0.2) is 26.4 Å². The smallest absolute Gasteiger partial charge is 0.0819 e. The van der Waals surface area contributed by atoms with E-state index in [4.69, 9.17) is 0 Å². The number of fused-ring (bicyclic) bond motifs is 1. The van der Waals surface area contributed by atoms with Gasteiger partial charge >= 0.3 is 0 Å². The molecule has 1 unspecified atom stereocenters. The highest BCUT2D eigenvalue weighted by Crippen LogP contribution is 2.50. The van der Waals surface area contributed by atoms with Gasteiger partial charge in [0.05, 0.1) is 10.9 Å². The van der Waals surface area contributed by atoms with E-state index >= 15 is 0 Å². The average molecular weight is 188 g/mol. The summed E-state index contributed by atoms with van der Waals surface area (Å²) in [6, 6.07) is 0. The first kappa shape index (κ1) is 8.70. The number of hydrogen-bond donors (Lipinski definition) is 1. The molecule has 2 aliphatic carbocycles. The van der Waals surface area contributed by atoms with Gasteiger partial charge in [0.25, 0.3) is 0 Å². The van der Waals surface area contributed by atoms with Crippen LogP contribution in [-0.2, 0) is 10.8 Å². The molecule has 0 heterocycles.